The topological polar surface area (TPSA) is 105 Å². The molecule has 26 heavy (non-hydrogen) atoms. The molecule has 0 fully saturated rings. The van der Waals surface area contributed by atoms with Crippen LogP contribution in [-0.4, -0.2) is 39.1 Å². The van der Waals surface area contributed by atoms with Gasteiger partial charge in [-0.2, -0.15) is 10.3 Å². The summed E-state index contributed by atoms with van der Waals surface area (Å²) in [7, 11) is 0. The third-order valence-corrected chi connectivity index (χ3v) is 3.82. The van der Waals surface area contributed by atoms with Crippen LogP contribution in [0, 0.1) is 0 Å². The smallest absolute Gasteiger partial charge is 0.361 e. The number of carbonyl (C=O) groups excluding carboxylic acids is 1. The second kappa shape index (κ2) is 7.60. The molecule has 0 spiro atoms. The predicted molar refractivity (Wildman–Crippen MR) is 94.6 cm³/mol. The monoisotopic (exact) mass is 351 g/mol. The van der Waals surface area contributed by atoms with E-state index in [1.807, 2.05) is 36.4 Å². The molecule has 1 aromatic heterocycles. The van der Waals surface area contributed by atoms with E-state index in [1.165, 1.54) is 0 Å². The van der Waals surface area contributed by atoms with Crippen molar-refractivity contribution < 1.29 is 19.4 Å². The molecule has 0 aliphatic rings. The Labute approximate surface area is 149 Å². The highest BCUT2D eigenvalue weighted by atomic mass is 16.5. The van der Waals surface area contributed by atoms with Gasteiger partial charge >= 0.3 is 11.9 Å². The predicted octanol–water partition coefficient (Wildman–Crippen LogP) is 2.94. The van der Waals surface area contributed by atoms with Crippen LogP contribution in [0.3, 0.4) is 0 Å². The van der Waals surface area contributed by atoms with Crippen molar-refractivity contribution in [2.45, 2.75) is 13.3 Å². The minimum absolute atomic E-state index is 0.00200. The van der Waals surface area contributed by atoms with Gasteiger partial charge in [-0.05, 0) is 23.6 Å². The summed E-state index contributed by atoms with van der Waals surface area (Å²) in [5.41, 5.74) is 4.02. The molecule has 0 bridgehead atoms. The van der Waals surface area contributed by atoms with Gasteiger partial charge in [-0.1, -0.05) is 48.5 Å². The minimum atomic E-state index is -0.855. The third-order valence-electron chi connectivity index (χ3n) is 3.82. The van der Waals surface area contributed by atoms with Crippen LogP contribution < -0.4 is 0 Å². The molecule has 0 unspecified atom stereocenters. The lowest BCUT2D eigenvalue weighted by molar-refractivity contribution is -0.136. The number of carboxylic acids is 1. The Balaban J connectivity index is 1.82. The molecule has 7 nitrogen and oxygen atoms in total. The van der Waals surface area contributed by atoms with Gasteiger partial charge in [0.1, 0.15) is 5.69 Å². The molecule has 0 atom stereocenters. The molecule has 0 aliphatic heterocycles. The average molecular weight is 351 g/mol. The Morgan fingerprint density at radius 1 is 0.962 bits per heavy atom. The largest absolute Gasteiger partial charge is 0.481 e. The third kappa shape index (κ3) is 3.77. The number of hydrogen-bond acceptors (Lipinski definition) is 5. The zero-order valence-corrected chi connectivity index (χ0v) is 14.1. The van der Waals surface area contributed by atoms with E-state index < -0.39 is 11.9 Å². The maximum absolute atomic E-state index is 11.9. The molecule has 0 aliphatic carbocycles. The lowest BCUT2D eigenvalue weighted by atomic mass is 10.0. The van der Waals surface area contributed by atoms with E-state index in [2.05, 4.69) is 15.4 Å². The van der Waals surface area contributed by atoms with Crippen molar-refractivity contribution in [2.75, 3.05) is 6.61 Å². The summed E-state index contributed by atoms with van der Waals surface area (Å²) in [6, 6.07) is 14.9. The number of carbonyl (C=O) groups is 2. The van der Waals surface area contributed by atoms with Crippen LogP contribution in [0.1, 0.15) is 23.0 Å². The number of aromatic nitrogens is 3. The number of aromatic amines is 1. The number of esters is 1. The highest BCUT2D eigenvalue weighted by molar-refractivity contribution is 5.94. The second-order valence-corrected chi connectivity index (χ2v) is 5.59. The second-order valence-electron chi connectivity index (χ2n) is 5.59. The summed E-state index contributed by atoms with van der Waals surface area (Å²) in [4.78, 5) is 22.7. The fraction of sp³-hybridized carbons (Fsp3) is 0.158. The van der Waals surface area contributed by atoms with Crippen LogP contribution in [0.5, 0.6) is 0 Å². The number of aliphatic carboxylic acids is 1. The molecule has 3 rings (SSSR count). The standard InChI is InChI=1S/C19H17N3O4/c1-2-26-19(25)18-17(20-22-21-18)15-9-7-14(8-10-15)13-5-3-12(4-6-13)11-16(23)24/h3-10H,2,11H2,1H3,(H,23,24)(H,20,21,22). The van der Waals surface area contributed by atoms with Gasteiger partial charge in [0.05, 0.1) is 13.0 Å². The van der Waals surface area contributed by atoms with E-state index in [0.717, 1.165) is 22.3 Å². The van der Waals surface area contributed by atoms with Gasteiger partial charge in [-0.3, -0.25) is 4.79 Å². The van der Waals surface area contributed by atoms with E-state index in [1.54, 1.807) is 19.1 Å². The van der Waals surface area contributed by atoms with Crippen LogP contribution in [0.4, 0.5) is 0 Å². The SMILES string of the molecule is CCOC(=O)c1n[nH]nc1-c1ccc(-c2ccc(CC(=O)O)cc2)cc1. The van der Waals surface area contributed by atoms with E-state index >= 15 is 0 Å². The highest BCUT2D eigenvalue weighted by Crippen LogP contribution is 2.25. The Morgan fingerprint density at radius 2 is 1.54 bits per heavy atom. The number of nitrogens with one attached hydrogen (secondary N) is 1. The van der Waals surface area contributed by atoms with E-state index in [4.69, 9.17) is 9.84 Å². The van der Waals surface area contributed by atoms with E-state index in [-0.39, 0.29) is 18.7 Å². The first-order chi connectivity index (χ1) is 12.6. The lowest BCUT2D eigenvalue weighted by Crippen LogP contribution is -2.06. The summed E-state index contributed by atoms with van der Waals surface area (Å²) in [6.07, 6.45) is 0.00200. The Morgan fingerprint density at radius 3 is 2.12 bits per heavy atom. The first-order valence-corrected chi connectivity index (χ1v) is 8.08. The van der Waals surface area contributed by atoms with Crippen molar-refractivity contribution in [1.82, 2.24) is 15.4 Å². The van der Waals surface area contributed by atoms with Gasteiger partial charge in [0.25, 0.3) is 0 Å². The zero-order valence-electron chi connectivity index (χ0n) is 14.1. The summed E-state index contributed by atoms with van der Waals surface area (Å²) in [5.74, 6) is -1.37. The Bertz CT molecular complexity index is 915. The van der Waals surface area contributed by atoms with Gasteiger partial charge in [-0.15, -0.1) is 5.10 Å². The van der Waals surface area contributed by atoms with Gasteiger partial charge in [0.15, 0.2) is 5.69 Å². The Kier molecular flexibility index (Phi) is 5.07. The van der Waals surface area contributed by atoms with Crippen molar-refractivity contribution in [2.24, 2.45) is 0 Å². The maximum atomic E-state index is 11.9. The summed E-state index contributed by atoms with van der Waals surface area (Å²) >= 11 is 0. The molecule has 7 heteroatoms. The number of hydrogen-bond donors (Lipinski definition) is 2. The van der Waals surface area contributed by atoms with Crippen LogP contribution in [0.2, 0.25) is 0 Å². The van der Waals surface area contributed by atoms with Crippen molar-refractivity contribution >= 4 is 11.9 Å². The molecule has 0 saturated carbocycles. The number of benzene rings is 2. The summed E-state index contributed by atoms with van der Waals surface area (Å²) in [6.45, 7) is 2.00. The fourth-order valence-corrected chi connectivity index (χ4v) is 2.58. The zero-order chi connectivity index (χ0) is 18.5. The molecule has 2 N–H and O–H groups in total. The highest BCUT2D eigenvalue weighted by Gasteiger charge is 2.18. The molecule has 0 saturated heterocycles. The Hall–Kier alpha value is -3.48. The van der Waals surface area contributed by atoms with E-state index in [0.29, 0.717) is 5.69 Å². The van der Waals surface area contributed by atoms with Crippen LogP contribution in [0.15, 0.2) is 48.5 Å². The number of H-pyrrole nitrogens is 1. The van der Waals surface area contributed by atoms with Gasteiger partial charge in [0, 0.05) is 5.56 Å². The molecule has 0 radical (unpaired) electrons. The van der Waals surface area contributed by atoms with Crippen LogP contribution in [0.25, 0.3) is 22.4 Å². The van der Waals surface area contributed by atoms with Gasteiger partial charge in [-0.25, -0.2) is 4.79 Å². The van der Waals surface area contributed by atoms with Crippen LogP contribution in [-0.2, 0) is 16.0 Å². The normalized spacial score (nSPS) is 10.5. The number of nitrogens with zero attached hydrogens (tertiary/aromatic N) is 2. The lowest BCUT2D eigenvalue weighted by Gasteiger charge is -2.05. The number of ether oxygens (including phenoxy) is 1. The molecule has 132 valence electrons. The molecule has 3 aromatic rings. The number of rotatable bonds is 6. The molecular formula is C19H17N3O4. The average Bonchev–Trinajstić information content (AvgIpc) is 3.12. The minimum Gasteiger partial charge on any atom is -0.481 e. The van der Waals surface area contributed by atoms with Crippen molar-refractivity contribution in [3.8, 4) is 22.4 Å². The number of carboxylic acid groups (broad SMARTS) is 1. The fourth-order valence-electron chi connectivity index (χ4n) is 2.58. The maximum Gasteiger partial charge on any atom is 0.361 e. The molecule has 1 heterocycles. The van der Waals surface area contributed by atoms with Crippen molar-refractivity contribution in [3.63, 3.8) is 0 Å². The molecule has 2 aromatic carbocycles. The van der Waals surface area contributed by atoms with Crippen molar-refractivity contribution in [3.05, 3.63) is 59.8 Å². The summed E-state index contributed by atoms with van der Waals surface area (Å²) < 4.78 is 4.98. The van der Waals surface area contributed by atoms with Gasteiger partial charge in [0.2, 0.25) is 0 Å². The molecule has 0 amide bonds. The van der Waals surface area contributed by atoms with Crippen LogP contribution >= 0.6 is 0 Å². The first kappa shape index (κ1) is 17.3. The quantitative estimate of drug-likeness (QED) is 0.662. The molecular weight excluding hydrogens is 334 g/mol. The van der Waals surface area contributed by atoms with Gasteiger partial charge < -0.3 is 9.84 Å². The van der Waals surface area contributed by atoms with E-state index in [9.17, 15) is 9.59 Å². The first-order valence-electron chi connectivity index (χ1n) is 8.08. The summed E-state index contributed by atoms with van der Waals surface area (Å²) in [5, 5.41) is 19.2. The van der Waals surface area contributed by atoms with Crippen molar-refractivity contribution in [1.29, 1.82) is 0 Å².